The number of ether oxygens (including phenoxy) is 1. The molecule has 22 heavy (non-hydrogen) atoms. The fourth-order valence-corrected chi connectivity index (χ4v) is 2.94. The van der Waals surface area contributed by atoms with E-state index in [1.807, 2.05) is 19.2 Å². The lowest BCUT2D eigenvalue weighted by Gasteiger charge is -2.41. The summed E-state index contributed by atoms with van der Waals surface area (Å²) in [6, 6.07) is 8.22. The standard InChI is InChI=1S/C18H29N3O/c1-4-18(11-5-12-18)14-21-17(19-2)20-13-10-15-6-8-16(22-3)9-7-15/h6-9H,4-5,10-14H2,1-3H3,(H2,19,20,21). The maximum Gasteiger partial charge on any atom is 0.191 e. The van der Waals surface area contributed by atoms with Gasteiger partial charge in [0.15, 0.2) is 5.96 Å². The third-order valence-electron chi connectivity index (χ3n) is 4.88. The summed E-state index contributed by atoms with van der Waals surface area (Å²) in [6.07, 6.45) is 6.30. The summed E-state index contributed by atoms with van der Waals surface area (Å²) >= 11 is 0. The van der Waals surface area contributed by atoms with Gasteiger partial charge in [-0.05, 0) is 48.8 Å². The monoisotopic (exact) mass is 303 g/mol. The van der Waals surface area contributed by atoms with Gasteiger partial charge in [0.25, 0.3) is 0 Å². The lowest BCUT2D eigenvalue weighted by Crippen LogP contribution is -2.46. The molecule has 1 aromatic carbocycles. The number of aliphatic imine (C=N–C) groups is 1. The molecule has 2 N–H and O–H groups in total. The van der Waals surface area contributed by atoms with Crippen molar-refractivity contribution in [2.75, 3.05) is 27.2 Å². The predicted octanol–water partition coefficient (Wildman–Crippen LogP) is 2.98. The van der Waals surface area contributed by atoms with Crippen LogP contribution in [0.3, 0.4) is 0 Å². The van der Waals surface area contributed by atoms with Gasteiger partial charge in [0.05, 0.1) is 7.11 Å². The molecule has 0 saturated heterocycles. The quantitative estimate of drug-likeness (QED) is 0.601. The Hall–Kier alpha value is -1.71. The summed E-state index contributed by atoms with van der Waals surface area (Å²) in [6.45, 7) is 4.21. The smallest absolute Gasteiger partial charge is 0.191 e. The third-order valence-corrected chi connectivity index (χ3v) is 4.88. The fourth-order valence-electron chi connectivity index (χ4n) is 2.94. The Bertz CT molecular complexity index is 472. The Kier molecular flexibility index (Phi) is 6.10. The molecule has 4 heteroatoms. The maximum absolute atomic E-state index is 5.18. The molecule has 1 aromatic rings. The number of nitrogens with one attached hydrogen (secondary N) is 2. The van der Waals surface area contributed by atoms with Crippen LogP contribution in [0.5, 0.6) is 5.75 Å². The Morgan fingerprint density at radius 2 is 1.95 bits per heavy atom. The van der Waals surface area contributed by atoms with E-state index in [9.17, 15) is 0 Å². The van der Waals surface area contributed by atoms with Gasteiger partial charge in [-0.25, -0.2) is 0 Å². The average Bonchev–Trinajstić information content (AvgIpc) is 2.53. The van der Waals surface area contributed by atoms with E-state index in [1.54, 1.807) is 7.11 Å². The molecule has 0 aliphatic heterocycles. The molecular formula is C18H29N3O. The number of nitrogens with zero attached hydrogens (tertiary/aromatic N) is 1. The number of guanidine groups is 1. The van der Waals surface area contributed by atoms with Crippen LogP contribution in [-0.4, -0.2) is 33.2 Å². The molecule has 1 aliphatic rings. The van der Waals surface area contributed by atoms with E-state index in [4.69, 9.17) is 4.74 Å². The van der Waals surface area contributed by atoms with Crippen LogP contribution in [0, 0.1) is 5.41 Å². The van der Waals surface area contributed by atoms with Gasteiger partial charge in [0, 0.05) is 20.1 Å². The first-order chi connectivity index (χ1) is 10.7. The van der Waals surface area contributed by atoms with Crippen LogP contribution in [0.25, 0.3) is 0 Å². The highest BCUT2D eigenvalue weighted by molar-refractivity contribution is 5.79. The van der Waals surface area contributed by atoms with Gasteiger partial charge in [0.2, 0.25) is 0 Å². The summed E-state index contributed by atoms with van der Waals surface area (Å²) < 4.78 is 5.18. The molecule has 0 unspecified atom stereocenters. The topological polar surface area (TPSA) is 45.7 Å². The zero-order chi connectivity index (χ0) is 15.8. The fraction of sp³-hybridized carbons (Fsp3) is 0.611. The van der Waals surface area contributed by atoms with Crippen LogP contribution >= 0.6 is 0 Å². The van der Waals surface area contributed by atoms with Crippen molar-refractivity contribution in [2.24, 2.45) is 10.4 Å². The molecule has 0 spiro atoms. The summed E-state index contributed by atoms with van der Waals surface area (Å²) in [5.74, 6) is 1.81. The molecule has 0 radical (unpaired) electrons. The van der Waals surface area contributed by atoms with Gasteiger partial charge in [-0.15, -0.1) is 0 Å². The van der Waals surface area contributed by atoms with Crippen molar-refractivity contribution >= 4 is 5.96 Å². The average molecular weight is 303 g/mol. The van der Waals surface area contributed by atoms with Crippen LogP contribution in [0.1, 0.15) is 38.2 Å². The lowest BCUT2D eigenvalue weighted by atomic mass is 9.67. The second-order valence-corrected chi connectivity index (χ2v) is 6.16. The zero-order valence-corrected chi connectivity index (χ0v) is 14.1. The SMILES string of the molecule is CCC1(CNC(=NC)NCCc2ccc(OC)cc2)CCC1. The number of rotatable bonds is 7. The van der Waals surface area contributed by atoms with Crippen molar-refractivity contribution in [3.63, 3.8) is 0 Å². The highest BCUT2D eigenvalue weighted by atomic mass is 16.5. The first kappa shape index (κ1) is 16.7. The first-order valence-electron chi connectivity index (χ1n) is 8.29. The largest absolute Gasteiger partial charge is 0.497 e. The van der Waals surface area contributed by atoms with Crippen molar-refractivity contribution < 1.29 is 4.74 Å². The molecule has 1 aliphatic carbocycles. The summed E-state index contributed by atoms with van der Waals surface area (Å²) in [5.41, 5.74) is 1.81. The number of methoxy groups -OCH3 is 1. The molecule has 0 heterocycles. The highest BCUT2D eigenvalue weighted by Crippen LogP contribution is 2.42. The van der Waals surface area contributed by atoms with Gasteiger partial charge in [-0.2, -0.15) is 0 Å². The van der Waals surface area contributed by atoms with Crippen LogP contribution in [0.15, 0.2) is 29.3 Å². The first-order valence-corrected chi connectivity index (χ1v) is 8.29. The lowest BCUT2D eigenvalue weighted by molar-refractivity contribution is 0.131. The van der Waals surface area contributed by atoms with Gasteiger partial charge in [-0.1, -0.05) is 25.5 Å². The molecule has 0 aromatic heterocycles. The Morgan fingerprint density at radius 1 is 1.23 bits per heavy atom. The van der Waals surface area contributed by atoms with Gasteiger partial charge in [0.1, 0.15) is 5.75 Å². The molecule has 122 valence electrons. The second-order valence-electron chi connectivity index (χ2n) is 6.16. The molecule has 0 atom stereocenters. The number of benzene rings is 1. The van der Waals surface area contributed by atoms with E-state index in [0.717, 1.165) is 31.2 Å². The second kappa shape index (κ2) is 8.06. The van der Waals surface area contributed by atoms with E-state index < -0.39 is 0 Å². The molecule has 2 rings (SSSR count). The van der Waals surface area contributed by atoms with E-state index in [2.05, 4.69) is 34.7 Å². The Morgan fingerprint density at radius 3 is 2.45 bits per heavy atom. The van der Waals surface area contributed by atoms with Crippen molar-refractivity contribution in [1.29, 1.82) is 0 Å². The molecule has 1 fully saturated rings. The zero-order valence-electron chi connectivity index (χ0n) is 14.1. The summed E-state index contributed by atoms with van der Waals surface area (Å²) in [7, 11) is 3.53. The van der Waals surface area contributed by atoms with E-state index in [-0.39, 0.29) is 0 Å². The summed E-state index contributed by atoms with van der Waals surface area (Å²) in [5, 5.41) is 6.89. The van der Waals surface area contributed by atoms with Gasteiger partial charge < -0.3 is 15.4 Å². The van der Waals surface area contributed by atoms with Crippen molar-refractivity contribution in [3.8, 4) is 5.75 Å². The Balaban J connectivity index is 1.71. The van der Waals surface area contributed by atoms with Gasteiger partial charge >= 0.3 is 0 Å². The van der Waals surface area contributed by atoms with Gasteiger partial charge in [-0.3, -0.25) is 4.99 Å². The van der Waals surface area contributed by atoms with Crippen molar-refractivity contribution in [3.05, 3.63) is 29.8 Å². The maximum atomic E-state index is 5.18. The van der Waals surface area contributed by atoms with Crippen LogP contribution in [0.4, 0.5) is 0 Å². The number of hydrogen-bond donors (Lipinski definition) is 2. The van der Waals surface area contributed by atoms with Crippen LogP contribution in [-0.2, 0) is 6.42 Å². The molecule has 0 bridgehead atoms. The minimum Gasteiger partial charge on any atom is -0.497 e. The molecular weight excluding hydrogens is 274 g/mol. The minimum atomic E-state index is 0.508. The Labute approximate surface area is 134 Å². The van der Waals surface area contributed by atoms with Crippen LogP contribution < -0.4 is 15.4 Å². The minimum absolute atomic E-state index is 0.508. The van der Waals surface area contributed by atoms with Crippen molar-refractivity contribution in [2.45, 2.75) is 39.0 Å². The summed E-state index contributed by atoms with van der Waals surface area (Å²) in [4.78, 5) is 4.32. The molecule has 1 saturated carbocycles. The normalized spacial score (nSPS) is 16.8. The van der Waals surface area contributed by atoms with Crippen LogP contribution in [0.2, 0.25) is 0 Å². The number of hydrogen-bond acceptors (Lipinski definition) is 2. The predicted molar refractivity (Wildman–Crippen MR) is 92.6 cm³/mol. The molecule has 0 amide bonds. The molecule has 4 nitrogen and oxygen atoms in total. The van der Waals surface area contributed by atoms with E-state index in [0.29, 0.717) is 5.41 Å². The third kappa shape index (κ3) is 4.39. The van der Waals surface area contributed by atoms with E-state index in [1.165, 1.54) is 31.2 Å². The highest BCUT2D eigenvalue weighted by Gasteiger charge is 2.34. The van der Waals surface area contributed by atoms with Crippen molar-refractivity contribution in [1.82, 2.24) is 10.6 Å². The van der Waals surface area contributed by atoms with E-state index >= 15 is 0 Å².